The lowest BCUT2D eigenvalue weighted by Gasteiger charge is -2.00. The molecule has 0 saturated heterocycles. The highest BCUT2D eigenvalue weighted by atomic mass is 19.1. The van der Waals surface area contributed by atoms with E-state index >= 15 is 0 Å². The number of oxime groups is 1. The van der Waals surface area contributed by atoms with Crippen LogP contribution in [0, 0.1) is 5.82 Å². The highest BCUT2D eigenvalue weighted by molar-refractivity contribution is 6.35. The lowest BCUT2D eigenvalue weighted by atomic mass is 10.1. The maximum Gasteiger partial charge on any atom is 0.354 e. The van der Waals surface area contributed by atoms with Crippen LogP contribution in [-0.2, 0) is 16.1 Å². The van der Waals surface area contributed by atoms with Crippen LogP contribution in [0.2, 0.25) is 0 Å². The Morgan fingerprint density at radius 1 is 1.47 bits per heavy atom. The molecule has 0 radical (unpaired) electrons. The number of aliphatic carboxylic acids is 1. The molecule has 80 valence electrons. The fraction of sp³-hybridized carbons (Fsp3) is 0.200. The molecule has 0 fully saturated rings. The van der Waals surface area contributed by atoms with Crippen molar-refractivity contribution < 1.29 is 19.1 Å². The van der Waals surface area contributed by atoms with Crippen molar-refractivity contribution in [2.75, 3.05) is 7.11 Å². The van der Waals surface area contributed by atoms with Crippen molar-refractivity contribution in [2.45, 2.75) is 6.42 Å². The predicted octanol–water partition coefficient (Wildman–Crippen LogP) is 1.46. The van der Waals surface area contributed by atoms with Gasteiger partial charge in [0.05, 0.1) is 0 Å². The van der Waals surface area contributed by atoms with Crippen LogP contribution >= 0.6 is 0 Å². The van der Waals surface area contributed by atoms with E-state index in [1.54, 1.807) is 0 Å². The van der Waals surface area contributed by atoms with Gasteiger partial charge in [-0.25, -0.2) is 9.18 Å². The molecule has 1 rings (SSSR count). The number of carboxylic acids is 1. The predicted molar refractivity (Wildman–Crippen MR) is 52.2 cm³/mol. The summed E-state index contributed by atoms with van der Waals surface area (Å²) in [6.07, 6.45) is 0.101. The number of carboxylic acid groups (broad SMARTS) is 1. The fourth-order valence-corrected chi connectivity index (χ4v) is 1.05. The van der Waals surface area contributed by atoms with Crippen LogP contribution in [0.5, 0.6) is 0 Å². The number of rotatable bonds is 4. The second-order valence-electron chi connectivity index (χ2n) is 2.83. The van der Waals surface area contributed by atoms with E-state index in [2.05, 4.69) is 9.99 Å². The average molecular weight is 211 g/mol. The lowest BCUT2D eigenvalue weighted by molar-refractivity contribution is -0.129. The molecule has 1 N–H and O–H groups in total. The summed E-state index contributed by atoms with van der Waals surface area (Å²) in [5.74, 6) is -1.51. The van der Waals surface area contributed by atoms with Crippen molar-refractivity contribution in [3.63, 3.8) is 0 Å². The molecule has 0 aromatic heterocycles. The van der Waals surface area contributed by atoms with Gasteiger partial charge in [0.1, 0.15) is 12.9 Å². The van der Waals surface area contributed by atoms with Crippen LogP contribution < -0.4 is 0 Å². The van der Waals surface area contributed by atoms with Crippen molar-refractivity contribution in [2.24, 2.45) is 5.16 Å². The minimum absolute atomic E-state index is 0.101. The molecule has 0 aliphatic carbocycles. The Morgan fingerprint density at radius 2 is 2.07 bits per heavy atom. The first kappa shape index (κ1) is 11.2. The molecule has 15 heavy (non-hydrogen) atoms. The lowest BCUT2D eigenvalue weighted by Crippen LogP contribution is -2.16. The molecule has 0 atom stereocenters. The highest BCUT2D eigenvalue weighted by Crippen LogP contribution is 2.04. The van der Waals surface area contributed by atoms with E-state index in [-0.39, 0.29) is 17.9 Å². The van der Waals surface area contributed by atoms with E-state index in [1.807, 2.05) is 0 Å². The summed E-state index contributed by atoms with van der Waals surface area (Å²) in [5, 5.41) is 12.1. The molecular weight excluding hydrogens is 201 g/mol. The standard InChI is InChI=1S/C10H10FNO3/c1-15-12-9(10(13)14)6-7-2-4-8(11)5-3-7/h2-5H,6H2,1H3,(H,13,14)/b12-9+. The second-order valence-corrected chi connectivity index (χ2v) is 2.83. The van der Waals surface area contributed by atoms with E-state index in [1.165, 1.54) is 31.4 Å². The van der Waals surface area contributed by atoms with Gasteiger partial charge in [-0.3, -0.25) is 0 Å². The first-order valence-corrected chi connectivity index (χ1v) is 4.21. The van der Waals surface area contributed by atoms with Gasteiger partial charge in [0.15, 0.2) is 5.71 Å². The minimum Gasteiger partial charge on any atom is -0.477 e. The van der Waals surface area contributed by atoms with Crippen LogP contribution in [0.4, 0.5) is 4.39 Å². The fourth-order valence-electron chi connectivity index (χ4n) is 1.05. The van der Waals surface area contributed by atoms with Gasteiger partial charge in [0, 0.05) is 6.42 Å². The summed E-state index contributed by atoms with van der Waals surface area (Å²) in [4.78, 5) is 15.1. The Balaban J connectivity index is 2.79. The Labute approximate surface area is 86.0 Å². The molecule has 0 spiro atoms. The normalized spacial score (nSPS) is 11.2. The van der Waals surface area contributed by atoms with Crippen LogP contribution in [-0.4, -0.2) is 23.9 Å². The maximum atomic E-state index is 12.6. The third-order valence-corrected chi connectivity index (χ3v) is 1.73. The van der Waals surface area contributed by atoms with E-state index in [9.17, 15) is 9.18 Å². The Hall–Kier alpha value is -1.91. The van der Waals surface area contributed by atoms with Crippen LogP contribution in [0.1, 0.15) is 5.56 Å². The van der Waals surface area contributed by atoms with Crippen LogP contribution in [0.25, 0.3) is 0 Å². The zero-order chi connectivity index (χ0) is 11.3. The number of carbonyl (C=O) groups is 1. The minimum atomic E-state index is -1.15. The summed E-state index contributed by atoms with van der Waals surface area (Å²) in [7, 11) is 1.27. The average Bonchev–Trinajstić information content (AvgIpc) is 2.20. The van der Waals surface area contributed by atoms with Crippen molar-refractivity contribution in [1.29, 1.82) is 0 Å². The third-order valence-electron chi connectivity index (χ3n) is 1.73. The van der Waals surface area contributed by atoms with Crippen LogP contribution in [0.15, 0.2) is 29.4 Å². The summed E-state index contributed by atoms with van der Waals surface area (Å²) in [5.41, 5.74) is 0.540. The van der Waals surface area contributed by atoms with Crippen molar-refractivity contribution in [1.82, 2.24) is 0 Å². The Morgan fingerprint density at radius 3 is 2.53 bits per heavy atom. The molecule has 0 unspecified atom stereocenters. The van der Waals surface area contributed by atoms with Gasteiger partial charge in [0.2, 0.25) is 0 Å². The second kappa shape index (κ2) is 5.09. The molecule has 4 nitrogen and oxygen atoms in total. The highest BCUT2D eigenvalue weighted by Gasteiger charge is 2.11. The molecule has 0 aliphatic rings. The van der Waals surface area contributed by atoms with Gasteiger partial charge in [-0.05, 0) is 17.7 Å². The summed E-state index contributed by atoms with van der Waals surface area (Å²) in [6.45, 7) is 0. The monoisotopic (exact) mass is 211 g/mol. The molecular formula is C10H10FNO3. The number of nitrogens with zero attached hydrogens (tertiary/aromatic N) is 1. The maximum absolute atomic E-state index is 12.6. The molecule has 0 aliphatic heterocycles. The number of hydrogen-bond donors (Lipinski definition) is 1. The van der Waals surface area contributed by atoms with Gasteiger partial charge >= 0.3 is 5.97 Å². The zero-order valence-electron chi connectivity index (χ0n) is 8.11. The largest absolute Gasteiger partial charge is 0.477 e. The summed E-state index contributed by atoms with van der Waals surface area (Å²) >= 11 is 0. The third kappa shape index (κ3) is 3.38. The smallest absolute Gasteiger partial charge is 0.354 e. The van der Waals surface area contributed by atoms with Gasteiger partial charge in [-0.15, -0.1) is 0 Å². The molecule has 5 heteroatoms. The van der Waals surface area contributed by atoms with Gasteiger partial charge in [-0.1, -0.05) is 17.3 Å². The zero-order valence-corrected chi connectivity index (χ0v) is 8.11. The van der Waals surface area contributed by atoms with E-state index < -0.39 is 5.97 Å². The Bertz CT molecular complexity index is 373. The molecule has 1 aromatic rings. The summed E-state index contributed by atoms with van der Waals surface area (Å²) < 4.78 is 12.6. The van der Waals surface area contributed by atoms with Crippen molar-refractivity contribution >= 4 is 11.7 Å². The topological polar surface area (TPSA) is 58.9 Å². The Kier molecular flexibility index (Phi) is 3.79. The molecule has 0 saturated carbocycles. The molecule has 0 amide bonds. The molecule has 1 aromatic carbocycles. The van der Waals surface area contributed by atoms with Crippen molar-refractivity contribution in [3.8, 4) is 0 Å². The number of halogens is 1. The van der Waals surface area contributed by atoms with Gasteiger partial charge in [-0.2, -0.15) is 0 Å². The first-order chi connectivity index (χ1) is 7.13. The number of benzene rings is 1. The van der Waals surface area contributed by atoms with Crippen LogP contribution in [0.3, 0.4) is 0 Å². The first-order valence-electron chi connectivity index (χ1n) is 4.21. The molecule has 0 bridgehead atoms. The molecule has 0 heterocycles. The van der Waals surface area contributed by atoms with E-state index in [0.29, 0.717) is 5.56 Å². The van der Waals surface area contributed by atoms with E-state index in [0.717, 1.165) is 0 Å². The summed E-state index contributed by atoms with van der Waals surface area (Å²) in [6, 6.07) is 5.54. The van der Waals surface area contributed by atoms with Crippen molar-refractivity contribution in [3.05, 3.63) is 35.6 Å². The van der Waals surface area contributed by atoms with Gasteiger partial charge < -0.3 is 9.94 Å². The van der Waals surface area contributed by atoms with Gasteiger partial charge in [0.25, 0.3) is 0 Å². The quantitative estimate of drug-likeness (QED) is 0.605. The SMILES string of the molecule is CO/N=C(\Cc1ccc(F)cc1)C(=O)O. The van der Waals surface area contributed by atoms with E-state index in [4.69, 9.17) is 5.11 Å². The number of hydrogen-bond acceptors (Lipinski definition) is 3.